The number of para-hydroxylation sites is 1. The molecule has 5 rings (SSSR count). The van der Waals surface area contributed by atoms with Crippen LogP contribution >= 0.6 is 0 Å². The Morgan fingerprint density at radius 2 is 1.25 bits per heavy atom. The predicted molar refractivity (Wildman–Crippen MR) is 116 cm³/mol. The van der Waals surface area contributed by atoms with E-state index < -0.39 is 0 Å². The summed E-state index contributed by atoms with van der Waals surface area (Å²) in [5, 5.41) is 1.14. The lowest BCUT2D eigenvalue weighted by Gasteiger charge is -2.09. The average Bonchev–Trinajstić information content (AvgIpc) is 2.79. The maximum Gasteiger partial charge on any atom is 0.0780 e. The van der Waals surface area contributed by atoms with E-state index in [0.717, 1.165) is 33.3 Å². The number of fused-ring (bicyclic) bond motifs is 1. The quantitative estimate of drug-likeness (QED) is 0.362. The Hall–Kier alpha value is -3.78. The first-order valence-electron chi connectivity index (χ1n) is 9.34. The molecule has 0 amide bonds. The van der Waals surface area contributed by atoms with E-state index in [2.05, 4.69) is 88.8 Å². The van der Waals surface area contributed by atoms with Crippen molar-refractivity contribution in [1.29, 1.82) is 0 Å². The number of hydrogen-bond donors (Lipinski definition) is 0. The first-order chi connectivity index (χ1) is 13.9. The zero-order chi connectivity index (χ0) is 18.8. The summed E-state index contributed by atoms with van der Waals surface area (Å²) in [6.07, 6.45) is 3.72. The number of aromatic nitrogens is 2. The minimum Gasteiger partial charge on any atom is -0.256 e. The van der Waals surface area contributed by atoms with Crippen LogP contribution in [0.3, 0.4) is 0 Å². The van der Waals surface area contributed by atoms with Gasteiger partial charge in [0, 0.05) is 28.9 Å². The van der Waals surface area contributed by atoms with Crippen LogP contribution in [0.5, 0.6) is 0 Å². The third-order valence-electron chi connectivity index (χ3n) is 4.97. The molecule has 0 N–H and O–H groups in total. The molecule has 0 radical (unpaired) electrons. The van der Waals surface area contributed by atoms with Crippen LogP contribution in [-0.2, 0) is 0 Å². The molecule has 0 unspecified atom stereocenters. The molecule has 0 spiro atoms. The average molecular weight is 358 g/mol. The van der Waals surface area contributed by atoms with Crippen molar-refractivity contribution >= 4 is 10.9 Å². The second kappa shape index (κ2) is 7.09. The van der Waals surface area contributed by atoms with Crippen LogP contribution in [0.1, 0.15) is 0 Å². The molecule has 5 aromatic rings. The molecule has 0 aliphatic carbocycles. The fourth-order valence-electron chi connectivity index (χ4n) is 3.58. The zero-order valence-electron chi connectivity index (χ0n) is 15.3. The lowest BCUT2D eigenvalue weighted by atomic mass is 9.98. The van der Waals surface area contributed by atoms with E-state index in [9.17, 15) is 0 Å². The Kier molecular flexibility index (Phi) is 4.15. The van der Waals surface area contributed by atoms with Crippen LogP contribution in [0.25, 0.3) is 44.4 Å². The van der Waals surface area contributed by atoms with Crippen molar-refractivity contribution < 1.29 is 0 Å². The summed E-state index contributed by atoms with van der Waals surface area (Å²) in [6, 6.07) is 33.5. The molecule has 0 saturated heterocycles. The molecule has 0 atom stereocenters. The van der Waals surface area contributed by atoms with Gasteiger partial charge in [-0.1, -0.05) is 72.8 Å². The maximum absolute atomic E-state index is 4.63. The molecule has 132 valence electrons. The minimum atomic E-state index is 0.961. The smallest absolute Gasteiger partial charge is 0.0780 e. The SMILES string of the molecule is c1ccc(-c2cccc(-c3cc(-c4cccc5cccnc45)ccn3)c2)cc1. The van der Waals surface area contributed by atoms with Gasteiger partial charge in [0.05, 0.1) is 11.2 Å². The van der Waals surface area contributed by atoms with Crippen molar-refractivity contribution in [1.82, 2.24) is 9.97 Å². The lowest BCUT2D eigenvalue weighted by molar-refractivity contribution is 1.32. The molecule has 28 heavy (non-hydrogen) atoms. The van der Waals surface area contributed by atoms with Crippen molar-refractivity contribution in [2.75, 3.05) is 0 Å². The second-order valence-electron chi connectivity index (χ2n) is 6.76. The van der Waals surface area contributed by atoms with Gasteiger partial charge >= 0.3 is 0 Å². The molecule has 3 aromatic carbocycles. The van der Waals surface area contributed by atoms with E-state index in [1.807, 2.05) is 30.6 Å². The summed E-state index contributed by atoms with van der Waals surface area (Å²) < 4.78 is 0. The summed E-state index contributed by atoms with van der Waals surface area (Å²) in [7, 11) is 0. The van der Waals surface area contributed by atoms with Crippen molar-refractivity contribution in [3.63, 3.8) is 0 Å². The number of nitrogens with zero attached hydrogens (tertiary/aromatic N) is 2. The summed E-state index contributed by atoms with van der Waals surface area (Å²) in [5.74, 6) is 0. The first-order valence-corrected chi connectivity index (χ1v) is 9.34. The zero-order valence-corrected chi connectivity index (χ0v) is 15.3. The molecule has 0 aliphatic heterocycles. The molecular formula is C26H18N2. The highest BCUT2D eigenvalue weighted by molar-refractivity contribution is 5.94. The first kappa shape index (κ1) is 16.4. The van der Waals surface area contributed by atoms with E-state index >= 15 is 0 Å². The van der Waals surface area contributed by atoms with Crippen molar-refractivity contribution in [2.24, 2.45) is 0 Å². The summed E-state index contributed by atoms with van der Waals surface area (Å²) >= 11 is 0. The van der Waals surface area contributed by atoms with Gasteiger partial charge in [0.25, 0.3) is 0 Å². The van der Waals surface area contributed by atoms with Gasteiger partial charge in [-0.3, -0.25) is 9.97 Å². The summed E-state index contributed by atoms with van der Waals surface area (Å²) in [4.78, 5) is 9.22. The number of benzene rings is 3. The van der Waals surface area contributed by atoms with E-state index in [1.165, 1.54) is 11.1 Å². The number of rotatable bonds is 3. The summed E-state index contributed by atoms with van der Waals surface area (Å²) in [5.41, 5.74) is 7.73. The van der Waals surface area contributed by atoms with Gasteiger partial charge in [-0.15, -0.1) is 0 Å². The normalized spacial score (nSPS) is 10.9. The minimum absolute atomic E-state index is 0.961. The Labute approximate surface area is 164 Å². The van der Waals surface area contributed by atoms with Crippen LogP contribution in [0.4, 0.5) is 0 Å². The highest BCUT2D eigenvalue weighted by Gasteiger charge is 2.08. The van der Waals surface area contributed by atoms with Crippen LogP contribution < -0.4 is 0 Å². The molecule has 0 saturated carbocycles. The highest BCUT2D eigenvalue weighted by atomic mass is 14.7. The molecule has 2 aromatic heterocycles. The standard InChI is InChI=1S/C26H18N2/c1-2-7-19(8-3-1)21-10-4-11-23(17-21)25-18-22(14-16-27-25)24-13-5-9-20-12-6-15-28-26(20)24/h1-18H. The molecule has 0 bridgehead atoms. The molecule has 0 fully saturated rings. The van der Waals surface area contributed by atoms with Gasteiger partial charge in [0.1, 0.15) is 0 Å². The van der Waals surface area contributed by atoms with E-state index in [-0.39, 0.29) is 0 Å². The lowest BCUT2D eigenvalue weighted by Crippen LogP contribution is -1.88. The Morgan fingerprint density at radius 1 is 0.464 bits per heavy atom. The van der Waals surface area contributed by atoms with Gasteiger partial charge in [0.15, 0.2) is 0 Å². The monoisotopic (exact) mass is 358 g/mol. The third kappa shape index (κ3) is 3.06. The third-order valence-corrected chi connectivity index (χ3v) is 4.97. The number of hydrogen-bond acceptors (Lipinski definition) is 2. The largest absolute Gasteiger partial charge is 0.256 e. The Balaban J connectivity index is 1.60. The molecule has 2 nitrogen and oxygen atoms in total. The molecule has 0 aliphatic rings. The van der Waals surface area contributed by atoms with Gasteiger partial charge in [-0.25, -0.2) is 0 Å². The summed E-state index contributed by atoms with van der Waals surface area (Å²) in [6.45, 7) is 0. The predicted octanol–water partition coefficient (Wildman–Crippen LogP) is 6.63. The highest BCUT2D eigenvalue weighted by Crippen LogP contribution is 2.31. The van der Waals surface area contributed by atoms with Crippen molar-refractivity contribution in [3.8, 4) is 33.5 Å². The molecule has 2 heteroatoms. The fraction of sp³-hybridized carbons (Fsp3) is 0. The van der Waals surface area contributed by atoms with E-state index in [0.29, 0.717) is 0 Å². The van der Waals surface area contributed by atoms with Crippen LogP contribution in [0.2, 0.25) is 0 Å². The van der Waals surface area contributed by atoms with Gasteiger partial charge in [-0.2, -0.15) is 0 Å². The van der Waals surface area contributed by atoms with Crippen molar-refractivity contribution in [3.05, 3.63) is 109 Å². The number of pyridine rings is 2. The molecular weight excluding hydrogens is 340 g/mol. The van der Waals surface area contributed by atoms with E-state index in [4.69, 9.17) is 0 Å². The van der Waals surface area contributed by atoms with Crippen LogP contribution in [-0.4, -0.2) is 9.97 Å². The van der Waals surface area contributed by atoms with Crippen molar-refractivity contribution in [2.45, 2.75) is 0 Å². The van der Waals surface area contributed by atoms with Gasteiger partial charge in [-0.05, 0) is 41.0 Å². The van der Waals surface area contributed by atoms with Crippen LogP contribution in [0, 0.1) is 0 Å². The van der Waals surface area contributed by atoms with Gasteiger partial charge < -0.3 is 0 Å². The second-order valence-corrected chi connectivity index (χ2v) is 6.76. The topological polar surface area (TPSA) is 25.8 Å². The molecule has 2 heterocycles. The Morgan fingerprint density at radius 3 is 2.18 bits per heavy atom. The maximum atomic E-state index is 4.63. The Bertz CT molecular complexity index is 1250. The van der Waals surface area contributed by atoms with Crippen LogP contribution in [0.15, 0.2) is 109 Å². The fourth-order valence-corrected chi connectivity index (χ4v) is 3.58. The van der Waals surface area contributed by atoms with Gasteiger partial charge in [0.2, 0.25) is 0 Å². The van der Waals surface area contributed by atoms with E-state index in [1.54, 1.807) is 0 Å².